The molecule has 0 aliphatic rings. The second kappa shape index (κ2) is 7.81. The molecule has 0 amide bonds. The fourth-order valence-electron chi connectivity index (χ4n) is 0.924. The lowest BCUT2D eigenvalue weighted by atomic mass is 10.4. The quantitative estimate of drug-likeness (QED) is 0.473. The first kappa shape index (κ1) is 13.7. The Bertz CT molecular complexity index is 326. The Morgan fingerprint density at radius 1 is 1.44 bits per heavy atom. The summed E-state index contributed by atoms with van der Waals surface area (Å²) < 4.78 is 0.996. The molecule has 0 aliphatic heterocycles. The molecule has 1 heterocycles. The molecule has 0 fully saturated rings. The summed E-state index contributed by atoms with van der Waals surface area (Å²) in [7, 11) is 0. The van der Waals surface area contributed by atoms with Crippen molar-refractivity contribution in [3.8, 4) is 0 Å². The molecule has 0 radical (unpaired) electrons. The van der Waals surface area contributed by atoms with Gasteiger partial charge in [-0.1, -0.05) is 36.4 Å². The van der Waals surface area contributed by atoms with Crippen LogP contribution in [0.15, 0.2) is 4.34 Å². The van der Waals surface area contributed by atoms with Crippen LogP contribution < -0.4 is 10.6 Å². The van der Waals surface area contributed by atoms with Gasteiger partial charge in [0.25, 0.3) is 0 Å². The van der Waals surface area contributed by atoms with E-state index in [1.54, 1.807) is 11.8 Å². The maximum Gasteiger partial charge on any atom is 0.212 e. The van der Waals surface area contributed by atoms with Gasteiger partial charge in [0, 0.05) is 12.3 Å². The van der Waals surface area contributed by atoms with Crippen LogP contribution in [0.25, 0.3) is 0 Å². The molecule has 0 bridgehead atoms. The number of hydrogen-bond acceptors (Lipinski definition) is 5. The first-order valence-electron chi connectivity index (χ1n) is 5.27. The number of unbranched alkanes of at least 4 members (excludes halogenated alkanes) is 1. The number of rotatable bonds is 6. The molecule has 1 aromatic rings. The maximum atomic E-state index is 5.06. The highest BCUT2D eigenvalue weighted by molar-refractivity contribution is 8.01. The molecule has 0 spiro atoms. The first-order chi connectivity index (χ1) is 7.76. The minimum absolute atomic E-state index is 0.601. The number of thiocarbonyl (C=S) groups is 1. The molecule has 4 nitrogen and oxygen atoms in total. The van der Waals surface area contributed by atoms with Crippen LogP contribution in [0, 0.1) is 0 Å². The first-order valence-corrected chi connectivity index (χ1v) is 7.48. The molecule has 2 N–H and O–H groups in total. The Morgan fingerprint density at radius 3 is 2.94 bits per heavy atom. The van der Waals surface area contributed by atoms with E-state index in [-0.39, 0.29) is 0 Å². The number of nitrogens with zero attached hydrogens (tertiary/aromatic N) is 2. The molecule has 0 saturated heterocycles. The zero-order valence-corrected chi connectivity index (χ0v) is 11.9. The van der Waals surface area contributed by atoms with Gasteiger partial charge in [0.05, 0.1) is 0 Å². The molecule has 90 valence electrons. The molecule has 16 heavy (non-hydrogen) atoms. The van der Waals surface area contributed by atoms with E-state index in [1.807, 2.05) is 6.92 Å². The number of aromatic nitrogens is 2. The standard InChI is InChI=1S/C9H16N4S3/c1-3-5-6-15-9-13-12-8(16-9)11-7(14)10-4-2/h3-6H2,1-2H3,(H2,10,11,12,14). The van der Waals surface area contributed by atoms with Crippen molar-refractivity contribution in [1.82, 2.24) is 15.5 Å². The highest BCUT2D eigenvalue weighted by Crippen LogP contribution is 2.25. The zero-order chi connectivity index (χ0) is 11.8. The molecule has 7 heteroatoms. The van der Waals surface area contributed by atoms with Gasteiger partial charge in [-0.15, -0.1) is 10.2 Å². The Balaban J connectivity index is 2.36. The van der Waals surface area contributed by atoms with E-state index in [0.29, 0.717) is 5.11 Å². The Kier molecular flexibility index (Phi) is 6.67. The van der Waals surface area contributed by atoms with Gasteiger partial charge in [0.1, 0.15) is 0 Å². The summed E-state index contributed by atoms with van der Waals surface area (Å²) in [6, 6.07) is 0. The fourth-order valence-corrected chi connectivity index (χ4v) is 3.14. The van der Waals surface area contributed by atoms with Crippen molar-refractivity contribution in [3.05, 3.63) is 0 Å². The summed E-state index contributed by atoms with van der Waals surface area (Å²) in [6.07, 6.45) is 2.42. The monoisotopic (exact) mass is 276 g/mol. The zero-order valence-electron chi connectivity index (χ0n) is 9.45. The van der Waals surface area contributed by atoms with Crippen molar-refractivity contribution in [3.63, 3.8) is 0 Å². The summed E-state index contributed by atoms with van der Waals surface area (Å²) in [6.45, 7) is 4.99. The molecule has 0 aliphatic carbocycles. The van der Waals surface area contributed by atoms with Crippen LogP contribution in [-0.2, 0) is 0 Å². The third kappa shape index (κ3) is 5.09. The summed E-state index contributed by atoms with van der Waals surface area (Å²) >= 11 is 8.35. The molecule has 1 rings (SSSR count). The number of hydrogen-bond donors (Lipinski definition) is 2. The van der Waals surface area contributed by atoms with Gasteiger partial charge in [-0.25, -0.2) is 0 Å². The van der Waals surface area contributed by atoms with Crippen LogP contribution in [0.5, 0.6) is 0 Å². The van der Waals surface area contributed by atoms with E-state index in [9.17, 15) is 0 Å². The van der Waals surface area contributed by atoms with Crippen molar-refractivity contribution < 1.29 is 0 Å². The van der Waals surface area contributed by atoms with E-state index < -0.39 is 0 Å². The second-order valence-electron chi connectivity index (χ2n) is 3.06. The van der Waals surface area contributed by atoms with E-state index in [2.05, 4.69) is 27.8 Å². The molecular weight excluding hydrogens is 260 g/mol. The van der Waals surface area contributed by atoms with Crippen molar-refractivity contribution >= 4 is 45.6 Å². The Hall–Kier alpha value is -0.400. The van der Waals surface area contributed by atoms with Crippen molar-refractivity contribution in [2.24, 2.45) is 0 Å². The predicted molar refractivity (Wildman–Crippen MR) is 75.4 cm³/mol. The predicted octanol–water partition coefficient (Wildman–Crippen LogP) is 2.74. The molecular formula is C9H16N4S3. The van der Waals surface area contributed by atoms with Crippen LogP contribution in [0.2, 0.25) is 0 Å². The third-order valence-electron chi connectivity index (χ3n) is 1.69. The minimum Gasteiger partial charge on any atom is -0.363 e. The fraction of sp³-hybridized carbons (Fsp3) is 0.667. The van der Waals surface area contributed by atoms with Gasteiger partial charge in [-0.05, 0) is 25.6 Å². The molecule has 0 atom stereocenters. The van der Waals surface area contributed by atoms with Gasteiger partial charge in [0.2, 0.25) is 5.13 Å². The normalized spacial score (nSPS) is 10.1. The van der Waals surface area contributed by atoms with Gasteiger partial charge in [-0.2, -0.15) is 0 Å². The van der Waals surface area contributed by atoms with Crippen molar-refractivity contribution in [2.45, 2.75) is 31.0 Å². The van der Waals surface area contributed by atoms with E-state index in [0.717, 1.165) is 21.8 Å². The molecule has 1 aromatic heterocycles. The van der Waals surface area contributed by atoms with Crippen molar-refractivity contribution in [2.75, 3.05) is 17.6 Å². The second-order valence-corrected chi connectivity index (χ2v) is 5.79. The summed E-state index contributed by atoms with van der Waals surface area (Å²) in [5.41, 5.74) is 0. The smallest absolute Gasteiger partial charge is 0.212 e. The SMILES string of the molecule is CCCCSc1nnc(NC(=S)NCC)s1. The lowest BCUT2D eigenvalue weighted by Gasteiger charge is -2.03. The van der Waals surface area contributed by atoms with E-state index in [1.165, 1.54) is 24.2 Å². The Labute approximate surface area is 110 Å². The van der Waals surface area contributed by atoms with Crippen LogP contribution in [0.1, 0.15) is 26.7 Å². The van der Waals surface area contributed by atoms with E-state index in [4.69, 9.17) is 12.2 Å². The van der Waals surface area contributed by atoms with Gasteiger partial charge in [-0.3, -0.25) is 0 Å². The van der Waals surface area contributed by atoms with Gasteiger partial charge in [0.15, 0.2) is 9.45 Å². The lowest BCUT2D eigenvalue weighted by molar-refractivity contribution is 0.894. The minimum atomic E-state index is 0.601. The van der Waals surface area contributed by atoms with Crippen LogP contribution in [-0.4, -0.2) is 27.6 Å². The number of nitrogens with one attached hydrogen (secondary N) is 2. The van der Waals surface area contributed by atoms with Gasteiger partial charge >= 0.3 is 0 Å². The topological polar surface area (TPSA) is 49.8 Å². The van der Waals surface area contributed by atoms with Crippen LogP contribution in [0.4, 0.5) is 5.13 Å². The molecule has 0 unspecified atom stereocenters. The van der Waals surface area contributed by atoms with Gasteiger partial charge < -0.3 is 10.6 Å². The summed E-state index contributed by atoms with van der Waals surface area (Å²) in [5.74, 6) is 1.10. The third-order valence-corrected chi connectivity index (χ3v) is 3.99. The summed E-state index contributed by atoms with van der Waals surface area (Å²) in [4.78, 5) is 0. The maximum absolute atomic E-state index is 5.06. The van der Waals surface area contributed by atoms with Crippen molar-refractivity contribution in [1.29, 1.82) is 0 Å². The average Bonchev–Trinajstić information content (AvgIpc) is 2.66. The van der Waals surface area contributed by atoms with E-state index >= 15 is 0 Å². The number of anilines is 1. The van der Waals surface area contributed by atoms with Crippen LogP contribution >= 0.6 is 35.3 Å². The van der Waals surface area contributed by atoms with Crippen LogP contribution in [0.3, 0.4) is 0 Å². The molecule has 0 aromatic carbocycles. The number of thioether (sulfide) groups is 1. The lowest BCUT2D eigenvalue weighted by Crippen LogP contribution is -2.27. The highest BCUT2D eigenvalue weighted by Gasteiger charge is 2.05. The summed E-state index contributed by atoms with van der Waals surface area (Å²) in [5, 5.41) is 15.5. The largest absolute Gasteiger partial charge is 0.363 e. The Morgan fingerprint density at radius 2 is 2.25 bits per heavy atom. The molecule has 0 saturated carbocycles. The average molecular weight is 276 g/mol. The highest BCUT2D eigenvalue weighted by atomic mass is 32.2.